The molecule has 0 aliphatic heterocycles. The Morgan fingerprint density at radius 2 is 1.47 bits per heavy atom. The van der Waals surface area contributed by atoms with E-state index in [1.165, 1.54) is 23.8 Å². The summed E-state index contributed by atoms with van der Waals surface area (Å²) in [6.45, 7) is 2.83. The predicted molar refractivity (Wildman–Crippen MR) is 150 cm³/mol. The zero-order chi connectivity index (χ0) is 27.9. The first-order chi connectivity index (χ1) is 18.8. The first-order valence-electron chi connectivity index (χ1n) is 14.0. The zero-order valence-corrected chi connectivity index (χ0v) is 22.1. The van der Waals surface area contributed by atoms with Gasteiger partial charge >= 0.3 is 5.97 Å². The Balaban J connectivity index is 1.41. The van der Waals surface area contributed by atoms with E-state index in [-0.39, 0.29) is 23.4 Å². The van der Waals surface area contributed by atoms with Crippen molar-refractivity contribution in [1.82, 2.24) is 4.90 Å². The summed E-state index contributed by atoms with van der Waals surface area (Å²) in [5.41, 5.74) is 2.25. The van der Waals surface area contributed by atoms with Crippen molar-refractivity contribution in [2.75, 3.05) is 26.3 Å². The summed E-state index contributed by atoms with van der Waals surface area (Å²) in [7, 11) is 0. The van der Waals surface area contributed by atoms with Crippen LogP contribution in [0.4, 0.5) is 0 Å². The van der Waals surface area contributed by atoms with E-state index in [2.05, 4.69) is 24.3 Å². The summed E-state index contributed by atoms with van der Waals surface area (Å²) in [6.07, 6.45) is 5.24. The second-order valence-corrected chi connectivity index (χ2v) is 9.65. The highest BCUT2D eigenvalue weighted by Gasteiger charge is 2.18. The van der Waals surface area contributed by atoms with Crippen LogP contribution in [0.3, 0.4) is 0 Å². The van der Waals surface area contributed by atoms with Crippen molar-refractivity contribution in [1.29, 1.82) is 0 Å². The number of rotatable bonds is 18. The number of hydrogen-bond acceptors (Lipinski definition) is 5. The summed E-state index contributed by atoms with van der Waals surface area (Å²) in [5, 5.41) is 30.1. The van der Waals surface area contributed by atoms with E-state index in [0.29, 0.717) is 13.1 Å². The van der Waals surface area contributed by atoms with Crippen LogP contribution in [0.15, 0.2) is 78.9 Å². The number of aromatic carboxylic acids is 1. The third kappa shape index (κ3) is 10.7. The SMILES string of the molecule is [2H][13C](O)(CN(CCCCCCOCCCCc1ccccc1)Cc1ccccc1)c1ccc(O)c(C(=O)O)c1. The first-order valence-corrected chi connectivity index (χ1v) is 13.5. The number of hydrogen-bond donors (Lipinski definition) is 3. The molecule has 6 nitrogen and oxygen atoms in total. The molecule has 0 fully saturated rings. The van der Waals surface area contributed by atoms with E-state index < -0.39 is 12.0 Å². The number of benzene rings is 3. The summed E-state index contributed by atoms with van der Waals surface area (Å²) in [6, 6.07) is 24.2. The molecule has 0 bridgehead atoms. The molecule has 0 saturated carbocycles. The lowest BCUT2D eigenvalue weighted by molar-refractivity contribution is 0.0693. The monoisotopic (exact) mass is 521 g/mol. The van der Waals surface area contributed by atoms with Crippen LogP contribution in [0.25, 0.3) is 0 Å². The Morgan fingerprint density at radius 3 is 2.16 bits per heavy atom. The van der Waals surface area contributed by atoms with Crippen LogP contribution in [0.2, 0.25) is 0 Å². The maximum absolute atomic E-state index is 11.4. The number of carboxylic acid groups (broad SMARTS) is 1. The summed E-state index contributed by atoms with van der Waals surface area (Å²) in [4.78, 5) is 13.4. The largest absolute Gasteiger partial charge is 0.507 e. The molecule has 0 aromatic heterocycles. The van der Waals surface area contributed by atoms with Crippen molar-refractivity contribution in [2.24, 2.45) is 0 Å². The quantitative estimate of drug-likeness (QED) is 0.136. The van der Waals surface area contributed by atoms with Gasteiger partial charge in [0.2, 0.25) is 0 Å². The molecule has 0 spiro atoms. The first kappa shape index (κ1) is 27.8. The molecule has 1 atom stereocenters. The second kappa shape index (κ2) is 16.6. The smallest absolute Gasteiger partial charge is 0.339 e. The van der Waals surface area contributed by atoms with Crippen molar-refractivity contribution >= 4 is 5.97 Å². The standard InChI is InChI=1S/C32H41NO5/c34-30-19-18-28(23-29(30)32(36)37)31(35)25-33(24-27-16-7-4-8-17-27)20-10-1-2-11-21-38-22-12-9-15-26-13-5-3-6-14-26/h3-8,13-14,16-19,23,31,34-35H,1-2,9-12,15,20-22,24-25H2,(H,36,37)/i31+1D. The number of nitrogens with zero attached hydrogens (tertiary/aromatic N) is 1. The molecule has 0 saturated heterocycles. The number of unbranched alkanes of at least 4 members (excludes halogenated alkanes) is 4. The molecule has 3 N–H and O–H groups in total. The van der Waals surface area contributed by atoms with Gasteiger partial charge in [0, 0.05) is 26.3 Å². The van der Waals surface area contributed by atoms with Gasteiger partial charge in [0.05, 0.1) is 7.45 Å². The highest BCUT2D eigenvalue weighted by Crippen LogP contribution is 2.24. The Hall–Kier alpha value is -3.19. The predicted octanol–water partition coefficient (Wildman–Crippen LogP) is 6.23. The lowest BCUT2D eigenvalue weighted by atomic mass is 10.1. The molecule has 0 aliphatic rings. The van der Waals surface area contributed by atoms with Gasteiger partial charge in [-0.15, -0.1) is 0 Å². The van der Waals surface area contributed by atoms with Gasteiger partial charge in [-0.25, -0.2) is 4.79 Å². The lowest BCUT2D eigenvalue weighted by Gasteiger charge is -2.25. The number of carbonyl (C=O) groups is 1. The lowest BCUT2D eigenvalue weighted by Crippen LogP contribution is -2.29. The van der Waals surface area contributed by atoms with Gasteiger partial charge in [0.25, 0.3) is 0 Å². The Morgan fingerprint density at radius 1 is 0.842 bits per heavy atom. The van der Waals surface area contributed by atoms with E-state index >= 15 is 0 Å². The van der Waals surface area contributed by atoms with Gasteiger partial charge in [0.1, 0.15) is 11.3 Å². The molecule has 0 amide bonds. The van der Waals surface area contributed by atoms with E-state index in [4.69, 9.17) is 6.11 Å². The number of aromatic hydroxyl groups is 1. The van der Waals surface area contributed by atoms with Gasteiger partial charge in [-0.1, -0.05) is 79.6 Å². The molecule has 0 aliphatic carbocycles. The molecule has 38 heavy (non-hydrogen) atoms. The molecule has 204 valence electrons. The van der Waals surface area contributed by atoms with Crippen LogP contribution >= 0.6 is 0 Å². The highest BCUT2D eigenvalue weighted by atomic mass is 16.5. The van der Waals surface area contributed by atoms with Crippen molar-refractivity contribution < 1.29 is 26.2 Å². The fourth-order valence-electron chi connectivity index (χ4n) is 4.42. The van der Waals surface area contributed by atoms with E-state index in [9.17, 15) is 20.1 Å². The zero-order valence-electron chi connectivity index (χ0n) is 23.1. The molecule has 3 rings (SSSR count). The topological polar surface area (TPSA) is 90.2 Å². The molecule has 1 unspecified atom stereocenters. The minimum atomic E-state index is -2.03. The van der Waals surface area contributed by atoms with E-state index in [1.54, 1.807) is 0 Å². The Labute approximate surface area is 227 Å². The minimum absolute atomic E-state index is 0.0117. The van der Waals surface area contributed by atoms with Crippen LogP contribution in [-0.2, 0) is 17.7 Å². The maximum atomic E-state index is 11.4. The Kier molecular flexibility index (Phi) is 12.2. The van der Waals surface area contributed by atoms with Crippen LogP contribution in [0.5, 0.6) is 5.75 Å². The average molecular weight is 522 g/mol. The van der Waals surface area contributed by atoms with E-state index in [1.807, 2.05) is 41.3 Å². The van der Waals surface area contributed by atoms with Crippen molar-refractivity contribution in [3.63, 3.8) is 0 Å². The van der Waals surface area contributed by atoms with Crippen molar-refractivity contribution in [2.45, 2.75) is 57.6 Å². The molecule has 3 aromatic rings. The molecular formula is C32H41NO5. The summed E-state index contributed by atoms with van der Waals surface area (Å²) < 4.78 is 14.4. The third-order valence-corrected chi connectivity index (χ3v) is 6.54. The van der Waals surface area contributed by atoms with Crippen LogP contribution in [0.1, 0.15) is 73.0 Å². The molecular weight excluding hydrogens is 479 g/mol. The summed E-state index contributed by atoms with van der Waals surface area (Å²) >= 11 is 0. The van der Waals surface area contributed by atoms with Gasteiger partial charge in [-0.2, -0.15) is 0 Å². The molecule has 0 heterocycles. The van der Waals surface area contributed by atoms with Gasteiger partial charge in [0.15, 0.2) is 0 Å². The number of ether oxygens (including phenoxy) is 1. The number of phenols is 1. The highest BCUT2D eigenvalue weighted by molar-refractivity contribution is 5.90. The van der Waals surface area contributed by atoms with Gasteiger partial charge in [-0.05, 0) is 67.5 Å². The minimum Gasteiger partial charge on any atom is -0.507 e. The molecule has 6 heteroatoms. The normalized spacial score (nSPS) is 13.3. The van der Waals surface area contributed by atoms with Crippen LogP contribution in [0, 0.1) is 0 Å². The average Bonchev–Trinajstić information content (AvgIpc) is 2.92. The molecule has 0 radical (unpaired) electrons. The van der Waals surface area contributed by atoms with Gasteiger partial charge < -0.3 is 20.1 Å². The number of aliphatic hydroxyl groups is 1. The number of aryl methyl sites for hydroxylation is 1. The van der Waals surface area contributed by atoms with Crippen molar-refractivity contribution in [3.8, 4) is 5.75 Å². The van der Waals surface area contributed by atoms with Gasteiger partial charge in [-0.3, -0.25) is 4.90 Å². The maximum Gasteiger partial charge on any atom is 0.339 e. The Bertz CT molecular complexity index is 1120. The molecule has 3 aromatic carbocycles. The fourth-order valence-corrected chi connectivity index (χ4v) is 4.42. The van der Waals surface area contributed by atoms with Crippen LogP contribution in [-0.4, -0.2) is 52.5 Å². The van der Waals surface area contributed by atoms with Crippen LogP contribution < -0.4 is 0 Å². The third-order valence-electron chi connectivity index (χ3n) is 6.54. The van der Waals surface area contributed by atoms with E-state index in [0.717, 1.165) is 63.7 Å². The fraction of sp³-hybridized carbons (Fsp3) is 0.406. The second-order valence-electron chi connectivity index (χ2n) is 9.65. The summed E-state index contributed by atoms with van der Waals surface area (Å²) in [5.74, 6) is -1.69. The number of carboxylic acids is 1. The van der Waals surface area contributed by atoms with Crippen molar-refractivity contribution in [3.05, 3.63) is 101 Å².